The van der Waals surface area contributed by atoms with Crippen LogP contribution in [0.1, 0.15) is 20.3 Å². The predicted octanol–water partition coefficient (Wildman–Crippen LogP) is 0.950. The zero-order valence-corrected chi connectivity index (χ0v) is 12.7. The van der Waals surface area contributed by atoms with E-state index in [9.17, 15) is 13.2 Å². The lowest BCUT2D eigenvalue weighted by molar-refractivity contribution is -0.123. The summed E-state index contributed by atoms with van der Waals surface area (Å²) >= 11 is 0. The molecule has 0 spiro atoms. The normalized spacial score (nSPS) is 13.2. The Hall–Kier alpha value is -1.40. The second kappa shape index (κ2) is 7.40. The maximum atomic E-state index is 12.0. The van der Waals surface area contributed by atoms with Crippen LogP contribution in [0.5, 0.6) is 0 Å². The van der Waals surface area contributed by atoms with Gasteiger partial charge in [0.1, 0.15) is 0 Å². The highest BCUT2D eigenvalue weighted by Gasteiger charge is 2.17. The third-order valence-electron chi connectivity index (χ3n) is 3.01. The minimum Gasteiger partial charge on any atom is -0.355 e. The van der Waals surface area contributed by atoms with Gasteiger partial charge in [-0.25, -0.2) is 8.42 Å². The average molecular weight is 298 g/mol. The molecule has 1 aromatic rings. The van der Waals surface area contributed by atoms with E-state index in [2.05, 4.69) is 5.32 Å². The number of nitrogens with two attached hydrogens (primary N) is 1. The van der Waals surface area contributed by atoms with Gasteiger partial charge in [-0.15, -0.1) is 0 Å². The molecule has 5 nitrogen and oxygen atoms in total. The van der Waals surface area contributed by atoms with Crippen molar-refractivity contribution in [2.45, 2.75) is 31.2 Å². The van der Waals surface area contributed by atoms with Crippen molar-refractivity contribution in [3.05, 3.63) is 30.3 Å². The summed E-state index contributed by atoms with van der Waals surface area (Å²) in [5.41, 5.74) is 5.69. The molecular formula is C14H22N2O3S. The standard InChI is InChI=1S/C14H22N2O3S/c1-11(2)13(15)14(17)16-9-6-10-20(18,19)12-7-4-3-5-8-12/h3-5,7-8,11,13H,6,9-10,15H2,1-2H3,(H,16,17)/t13-/m0/s1. The lowest BCUT2D eigenvalue weighted by atomic mass is 10.1. The third kappa shape index (κ3) is 4.94. The predicted molar refractivity (Wildman–Crippen MR) is 78.9 cm³/mol. The van der Waals surface area contributed by atoms with E-state index in [4.69, 9.17) is 5.73 Å². The second-order valence-corrected chi connectivity index (χ2v) is 7.16. The number of benzene rings is 1. The van der Waals surface area contributed by atoms with E-state index in [1.165, 1.54) is 0 Å². The maximum absolute atomic E-state index is 12.0. The second-order valence-electron chi connectivity index (χ2n) is 5.05. The van der Waals surface area contributed by atoms with Crippen LogP contribution in [0.25, 0.3) is 0 Å². The van der Waals surface area contributed by atoms with Crippen molar-refractivity contribution >= 4 is 15.7 Å². The van der Waals surface area contributed by atoms with Crippen molar-refractivity contribution in [1.82, 2.24) is 5.32 Å². The molecular weight excluding hydrogens is 276 g/mol. The van der Waals surface area contributed by atoms with Crippen molar-refractivity contribution in [1.29, 1.82) is 0 Å². The van der Waals surface area contributed by atoms with E-state index in [1.807, 2.05) is 13.8 Å². The minimum absolute atomic E-state index is 0.00814. The summed E-state index contributed by atoms with van der Waals surface area (Å²) in [6, 6.07) is 7.74. The maximum Gasteiger partial charge on any atom is 0.237 e. The molecule has 20 heavy (non-hydrogen) atoms. The van der Waals surface area contributed by atoms with Gasteiger partial charge in [0.25, 0.3) is 0 Å². The van der Waals surface area contributed by atoms with Crippen LogP contribution in [0.3, 0.4) is 0 Å². The molecule has 6 heteroatoms. The van der Waals surface area contributed by atoms with Gasteiger partial charge in [-0.1, -0.05) is 32.0 Å². The largest absolute Gasteiger partial charge is 0.355 e. The van der Waals surface area contributed by atoms with E-state index < -0.39 is 15.9 Å². The zero-order valence-electron chi connectivity index (χ0n) is 11.9. The molecule has 112 valence electrons. The Kier molecular flexibility index (Phi) is 6.16. The van der Waals surface area contributed by atoms with Crippen LogP contribution in [0.15, 0.2) is 35.2 Å². The van der Waals surface area contributed by atoms with Gasteiger partial charge < -0.3 is 11.1 Å². The molecule has 1 atom stereocenters. The van der Waals surface area contributed by atoms with Gasteiger partial charge >= 0.3 is 0 Å². The molecule has 0 saturated heterocycles. The molecule has 0 aliphatic rings. The first kappa shape index (κ1) is 16.7. The van der Waals surface area contributed by atoms with E-state index in [-0.39, 0.29) is 17.6 Å². The highest BCUT2D eigenvalue weighted by atomic mass is 32.2. The molecule has 0 aromatic heterocycles. The Morgan fingerprint density at radius 3 is 2.40 bits per heavy atom. The first-order valence-corrected chi connectivity index (χ1v) is 8.31. The van der Waals surface area contributed by atoms with Crippen molar-refractivity contribution < 1.29 is 13.2 Å². The molecule has 0 aliphatic heterocycles. The van der Waals surface area contributed by atoms with Crippen LogP contribution in [-0.4, -0.2) is 32.7 Å². The number of sulfone groups is 1. The van der Waals surface area contributed by atoms with Crippen molar-refractivity contribution in [3.63, 3.8) is 0 Å². The Morgan fingerprint density at radius 1 is 1.25 bits per heavy atom. The number of hydrogen-bond donors (Lipinski definition) is 2. The summed E-state index contributed by atoms with van der Waals surface area (Å²) in [7, 11) is -3.28. The molecule has 0 heterocycles. The quantitative estimate of drug-likeness (QED) is 0.733. The highest BCUT2D eigenvalue weighted by Crippen LogP contribution is 2.10. The van der Waals surface area contributed by atoms with Crippen LogP contribution in [0, 0.1) is 5.92 Å². The van der Waals surface area contributed by atoms with Crippen LogP contribution in [0.4, 0.5) is 0 Å². The fourth-order valence-corrected chi connectivity index (χ4v) is 2.97. The fourth-order valence-electron chi connectivity index (χ4n) is 1.64. The van der Waals surface area contributed by atoms with Crippen LogP contribution in [0.2, 0.25) is 0 Å². The summed E-state index contributed by atoms with van der Waals surface area (Å²) in [4.78, 5) is 11.9. The fraction of sp³-hybridized carbons (Fsp3) is 0.500. The van der Waals surface area contributed by atoms with Crippen molar-refractivity contribution in [2.75, 3.05) is 12.3 Å². The van der Waals surface area contributed by atoms with Gasteiger partial charge in [0, 0.05) is 6.54 Å². The molecule has 0 aliphatic carbocycles. The van der Waals surface area contributed by atoms with Gasteiger partial charge in [0.2, 0.25) is 5.91 Å². The molecule has 1 amide bonds. The van der Waals surface area contributed by atoms with Crippen LogP contribution >= 0.6 is 0 Å². The topological polar surface area (TPSA) is 89.3 Å². The number of amides is 1. The van der Waals surface area contributed by atoms with Crippen molar-refractivity contribution in [2.24, 2.45) is 11.7 Å². The number of nitrogens with one attached hydrogen (secondary N) is 1. The molecule has 0 fully saturated rings. The molecule has 0 radical (unpaired) electrons. The van der Waals surface area contributed by atoms with E-state index in [1.54, 1.807) is 30.3 Å². The molecule has 0 saturated carbocycles. The lowest BCUT2D eigenvalue weighted by Gasteiger charge is -2.15. The first-order valence-electron chi connectivity index (χ1n) is 6.65. The van der Waals surface area contributed by atoms with Gasteiger partial charge in [0.05, 0.1) is 16.7 Å². The number of hydrogen-bond acceptors (Lipinski definition) is 4. The van der Waals surface area contributed by atoms with Crippen LogP contribution in [-0.2, 0) is 14.6 Å². The molecule has 1 rings (SSSR count). The average Bonchev–Trinajstić information content (AvgIpc) is 2.43. The summed E-state index contributed by atoms with van der Waals surface area (Å²) in [6.07, 6.45) is 0.369. The molecule has 3 N–H and O–H groups in total. The summed E-state index contributed by atoms with van der Waals surface area (Å²) in [5.74, 6) is -0.172. The Labute approximate surface area is 120 Å². The Balaban J connectivity index is 2.40. The van der Waals surface area contributed by atoms with E-state index in [0.717, 1.165) is 0 Å². The smallest absolute Gasteiger partial charge is 0.237 e. The monoisotopic (exact) mass is 298 g/mol. The van der Waals surface area contributed by atoms with Crippen LogP contribution < -0.4 is 11.1 Å². The SMILES string of the molecule is CC(C)[C@H](N)C(=O)NCCCS(=O)(=O)c1ccccc1. The molecule has 1 aromatic carbocycles. The lowest BCUT2D eigenvalue weighted by Crippen LogP contribution is -2.44. The van der Waals surface area contributed by atoms with Crippen molar-refractivity contribution in [3.8, 4) is 0 Å². The third-order valence-corrected chi connectivity index (χ3v) is 4.83. The minimum atomic E-state index is -3.28. The van der Waals surface area contributed by atoms with Gasteiger partial charge in [-0.05, 0) is 24.5 Å². The van der Waals surface area contributed by atoms with Gasteiger partial charge in [0.15, 0.2) is 9.84 Å². The van der Waals surface area contributed by atoms with Gasteiger partial charge in [-0.3, -0.25) is 4.79 Å². The highest BCUT2D eigenvalue weighted by molar-refractivity contribution is 7.91. The first-order chi connectivity index (χ1) is 9.34. The van der Waals surface area contributed by atoms with E-state index in [0.29, 0.717) is 17.9 Å². The molecule has 0 unspecified atom stereocenters. The number of carbonyl (C=O) groups excluding carboxylic acids is 1. The number of rotatable bonds is 7. The number of carbonyl (C=O) groups is 1. The Morgan fingerprint density at radius 2 is 1.85 bits per heavy atom. The summed E-state index contributed by atoms with van der Waals surface area (Å²) < 4.78 is 24.0. The molecule has 0 bridgehead atoms. The Bertz CT molecular complexity index is 527. The summed E-state index contributed by atoms with van der Waals surface area (Å²) in [6.45, 7) is 4.04. The van der Waals surface area contributed by atoms with E-state index >= 15 is 0 Å². The summed E-state index contributed by atoms with van der Waals surface area (Å²) in [5, 5.41) is 2.66. The van der Waals surface area contributed by atoms with Gasteiger partial charge in [-0.2, -0.15) is 0 Å². The zero-order chi connectivity index (χ0) is 15.2.